The molecular formula is C24H29N3O2. The van der Waals surface area contributed by atoms with E-state index >= 15 is 0 Å². The Balaban J connectivity index is 1.59. The van der Waals surface area contributed by atoms with E-state index in [0.717, 1.165) is 35.7 Å². The maximum Gasteiger partial charge on any atom is 0.227 e. The fourth-order valence-electron chi connectivity index (χ4n) is 4.23. The second kappa shape index (κ2) is 8.68. The second-order valence-electron chi connectivity index (χ2n) is 7.77. The van der Waals surface area contributed by atoms with Crippen LogP contribution in [0.1, 0.15) is 50.8 Å². The average Bonchev–Trinajstić information content (AvgIpc) is 3.32. The molecule has 1 amide bonds. The normalized spacial score (nSPS) is 16.7. The molecule has 2 aromatic carbocycles. The lowest BCUT2D eigenvalue weighted by atomic mass is 10.1. The van der Waals surface area contributed by atoms with Crippen LogP contribution in [0.5, 0.6) is 5.75 Å². The van der Waals surface area contributed by atoms with Gasteiger partial charge in [0, 0.05) is 31.1 Å². The fourth-order valence-corrected chi connectivity index (χ4v) is 4.23. The van der Waals surface area contributed by atoms with E-state index < -0.39 is 0 Å². The van der Waals surface area contributed by atoms with Gasteiger partial charge >= 0.3 is 0 Å². The minimum atomic E-state index is 0.114. The van der Waals surface area contributed by atoms with Gasteiger partial charge in [-0.2, -0.15) is 0 Å². The van der Waals surface area contributed by atoms with Gasteiger partial charge < -0.3 is 14.2 Å². The minimum Gasteiger partial charge on any atom is -0.497 e. The molecule has 1 fully saturated rings. The van der Waals surface area contributed by atoms with Crippen molar-refractivity contribution in [1.82, 2.24) is 9.55 Å². The van der Waals surface area contributed by atoms with Crippen LogP contribution < -0.4 is 9.64 Å². The van der Waals surface area contributed by atoms with Crippen molar-refractivity contribution in [1.29, 1.82) is 0 Å². The molecule has 0 N–H and O–H groups in total. The number of carbonyl (C=O) groups is 1. The van der Waals surface area contributed by atoms with Crippen LogP contribution in [0, 0.1) is 0 Å². The van der Waals surface area contributed by atoms with E-state index in [1.165, 1.54) is 24.8 Å². The lowest BCUT2D eigenvalue weighted by Crippen LogP contribution is -2.24. The Hall–Kier alpha value is -2.82. The third-order valence-electron chi connectivity index (χ3n) is 5.79. The van der Waals surface area contributed by atoms with Gasteiger partial charge in [-0.25, -0.2) is 4.98 Å². The molecule has 1 aliphatic rings. The van der Waals surface area contributed by atoms with Gasteiger partial charge in [-0.1, -0.05) is 38.3 Å². The first-order valence-electron chi connectivity index (χ1n) is 10.6. The van der Waals surface area contributed by atoms with Gasteiger partial charge in [0.25, 0.3) is 0 Å². The quantitative estimate of drug-likeness (QED) is 0.499. The van der Waals surface area contributed by atoms with Crippen LogP contribution in [-0.2, 0) is 11.3 Å². The van der Waals surface area contributed by atoms with Gasteiger partial charge in [0.2, 0.25) is 5.91 Å². The van der Waals surface area contributed by atoms with Gasteiger partial charge in [-0.05, 0) is 42.8 Å². The second-order valence-corrected chi connectivity index (χ2v) is 7.77. The Morgan fingerprint density at radius 1 is 1.07 bits per heavy atom. The number of hydrogen-bond acceptors (Lipinski definition) is 3. The number of para-hydroxylation sites is 2. The highest BCUT2D eigenvalue weighted by Crippen LogP contribution is 2.34. The number of fused-ring (bicyclic) bond motifs is 1. The molecule has 1 atom stereocenters. The molecule has 29 heavy (non-hydrogen) atoms. The van der Waals surface area contributed by atoms with E-state index in [-0.39, 0.29) is 11.8 Å². The number of ether oxygens (including phenoxy) is 1. The summed E-state index contributed by atoms with van der Waals surface area (Å²) in [6.07, 6.45) is 5.36. The maximum atomic E-state index is 12.8. The summed E-state index contributed by atoms with van der Waals surface area (Å²) >= 11 is 0. The zero-order valence-corrected chi connectivity index (χ0v) is 17.3. The highest BCUT2D eigenvalue weighted by atomic mass is 16.5. The number of benzene rings is 2. The highest BCUT2D eigenvalue weighted by molar-refractivity contribution is 5.96. The molecule has 3 aromatic rings. The number of methoxy groups -OCH3 is 1. The van der Waals surface area contributed by atoms with Crippen molar-refractivity contribution >= 4 is 22.6 Å². The van der Waals surface area contributed by atoms with Crippen LogP contribution >= 0.6 is 0 Å². The topological polar surface area (TPSA) is 47.4 Å². The highest BCUT2D eigenvalue weighted by Gasteiger charge is 2.34. The number of aromatic nitrogens is 2. The van der Waals surface area contributed by atoms with E-state index in [0.29, 0.717) is 13.0 Å². The molecular weight excluding hydrogens is 362 g/mol. The molecule has 5 heteroatoms. The van der Waals surface area contributed by atoms with Crippen LogP contribution in [0.2, 0.25) is 0 Å². The van der Waals surface area contributed by atoms with E-state index in [4.69, 9.17) is 9.72 Å². The number of nitrogens with zero attached hydrogens (tertiary/aromatic N) is 3. The van der Waals surface area contributed by atoms with Crippen molar-refractivity contribution in [3.8, 4) is 5.75 Å². The van der Waals surface area contributed by atoms with Crippen molar-refractivity contribution in [2.24, 2.45) is 0 Å². The van der Waals surface area contributed by atoms with Gasteiger partial charge in [0.05, 0.1) is 18.1 Å². The lowest BCUT2D eigenvalue weighted by molar-refractivity contribution is -0.117. The van der Waals surface area contributed by atoms with Crippen molar-refractivity contribution in [2.45, 2.75) is 51.5 Å². The summed E-state index contributed by atoms with van der Waals surface area (Å²) in [7, 11) is 1.65. The Morgan fingerprint density at radius 2 is 1.86 bits per heavy atom. The number of hydrogen-bond donors (Lipinski definition) is 0. The monoisotopic (exact) mass is 391 g/mol. The summed E-state index contributed by atoms with van der Waals surface area (Å²) in [6, 6.07) is 16.0. The zero-order chi connectivity index (χ0) is 20.2. The van der Waals surface area contributed by atoms with Gasteiger partial charge in [-0.3, -0.25) is 4.79 Å². The summed E-state index contributed by atoms with van der Waals surface area (Å²) in [6.45, 7) is 3.86. The molecule has 5 nitrogen and oxygen atoms in total. The molecule has 0 saturated carbocycles. The summed E-state index contributed by atoms with van der Waals surface area (Å²) < 4.78 is 7.58. The smallest absolute Gasteiger partial charge is 0.227 e. The van der Waals surface area contributed by atoms with Crippen molar-refractivity contribution in [3.05, 3.63) is 54.4 Å². The molecule has 2 heterocycles. The molecule has 0 spiro atoms. The molecule has 4 rings (SSSR count). The molecule has 0 bridgehead atoms. The minimum absolute atomic E-state index is 0.114. The van der Waals surface area contributed by atoms with Crippen molar-refractivity contribution in [3.63, 3.8) is 0 Å². The Kier molecular flexibility index (Phi) is 5.84. The Bertz CT molecular complexity index is 977. The number of carbonyl (C=O) groups excluding carboxylic acids is 1. The fraction of sp³-hybridized carbons (Fsp3) is 0.417. The number of rotatable bonds is 8. The molecule has 1 saturated heterocycles. The summed E-state index contributed by atoms with van der Waals surface area (Å²) in [5, 5.41) is 0. The first kappa shape index (κ1) is 19.5. The largest absolute Gasteiger partial charge is 0.497 e. The molecule has 0 unspecified atom stereocenters. The third kappa shape index (κ3) is 4.00. The zero-order valence-electron chi connectivity index (χ0n) is 17.3. The first-order valence-corrected chi connectivity index (χ1v) is 10.6. The molecule has 0 radical (unpaired) electrons. The molecule has 0 aliphatic carbocycles. The summed E-state index contributed by atoms with van der Waals surface area (Å²) in [5.41, 5.74) is 3.12. The third-order valence-corrected chi connectivity index (χ3v) is 5.79. The number of unbranched alkanes of at least 4 members (excludes halogenated alkanes) is 3. The standard InChI is InChI=1S/C24H29N3O2/c1-3-4-5-8-15-26-22-10-7-6-9-21(22)25-24(26)18-16-23(28)27(17-18)19-11-13-20(29-2)14-12-19/h6-7,9-14,18H,3-5,8,15-17H2,1-2H3/t18-/m1/s1. The van der Waals surface area contributed by atoms with Crippen molar-refractivity contribution in [2.75, 3.05) is 18.6 Å². The van der Waals surface area contributed by atoms with Gasteiger partial charge in [0.1, 0.15) is 11.6 Å². The van der Waals surface area contributed by atoms with Gasteiger partial charge in [0.15, 0.2) is 0 Å². The maximum absolute atomic E-state index is 12.8. The molecule has 152 valence electrons. The average molecular weight is 392 g/mol. The van der Waals surface area contributed by atoms with Crippen molar-refractivity contribution < 1.29 is 9.53 Å². The van der Waals surface area contributed by atoms with E-state index in [1.54, 1.807) is 7.11 Å². The predicted octanol–water partition coefficient (Wildman–Crippen LogP) is 5.15. The van der Waals surface area contributed by atoms with Crippen LogP contribution in [0.25, 0.3) is 11.0 Å². The van der Waals surface area contributed by atoms with Crippen LogP contribution in [0.15, 0.2) is 48.5 Å². The number of aryl methyl sites for hydroxylation is 1. The number of anilines is 1. The van der Waals surface area contributed by atoms with E-state index in [9.17, 15) is 4.79 Å². The van der Waals surface area contributed by atoms with Crippen LogP contribution in [0.4, 0.5) is 5.69 Å². The Labute approximate surface area is 172 Å². The van der Waals surface area contributed by atoms with Gasteiger partial charge in [-0.15, -0.1) is 0 Å². The first-order chi connectivity index (χ1) is 14.2. The number of imidazole rings is 1. The summed E-state index contributed by atoms with van der Waals surface area (Å²) in [5.74, 6) is 2.12. The molecule has 1 aliphatic heterocycles. The van der Waals surface area contributed by atoms with Crippen LogP contribution in [-0.4, -0.2) is 29.1 Å². The summed E-state index contributed by atoms with van der Waals surface area (Å²) in [4.78, 5) is 19.6. The Morgan fingerprint density at radius 3 is 2.62 bits per heavy atom. The predicted molar refractivity (Wildman–Crippen MR) is 117 cm³/mol. The van der Waals surface area contributed by atoms with E-state index in [2.05, 4.69) is 29.7 Å². The SMILES string of the molecule is CCCCCCn1c([C@@H]2CC(=O)N(c3ccc(OC)cc3)C2)nc2ccccc21. The molecule has 1 aromatic heterocycles. The lowest BCUT2D eigenvalue weighted by Gasteiger charge is -2.18. The van der Waals surface area contributed by atoms with E-state index in [1.807, 2.05) is 35.2 Å². The van der Waals surface area contributed by atoms with Crippen LogP contribution in [0.3, 0.4) is 0 Å². The number of amides is 1.